The molecule has 4 heterocycles. The fraction of sp³-hybridized carbons (Fsp3) is 0.478. The molecule has 1 aliphatic rings. The molecule has 3 aromatic heterocycles. The number of thiophene rings is 2. The zero-order valence-electron chi connectivity index (χ0n) is 20.5. The third-order valence-corrected chi connectivity index (χ3v) is 9.57. The number of fused-ring (bicyclic) bond motifs is 1. The number of morpholine rings is 1. The third-order valence-electron chi connectivity index (χ3n) is 5.38. The number of anilines is 1. The first-order chi connectivity index (χ1) is 17.5. The van der Waals surface area contributed by atoms with Crippen molar-refractivity contribution in [2.45, 2.75) is 45.4 Å². The number of rotatable bonds is 7. The lowest BCUT2D eigenvalue weighted by Gasteiger charge is -2.31. The predicted octanol–water partition coefficient (Wildman–Crippen LogP) is 5.16. The Kier molecular flexibility index (Phi) is 8.74. The molecule has 1 aliphatic heterocycles. The highest BCUT2D eigenvalue weighted by Gasteiger charge is 2.32. The lowest BCUT2D eigenvalue weighted by molar-refractivity contribution is -0.137. The quantitative estimate of drug-likeness (QED) is 0.370. The standard InChI is InChI=1S/C23H27BrN4O6S3/c1-23(2,3)34-21(30)25-14(19(29)27-6-8-33-9-7-27)11-15-16(24)17-18(36-15)20(37-26-17)28(22(31)32)12-13-5-4-10-35-13/h4-5,10,14H,6-9,11-12H2,1-3H3,(H,25,30)(H,31,32)/t14-/m0/s1. The van der Waals surface area contributed by atoms with Gasteiger partial charge in [0, 0.05) is 29.3 Å². The van der Waals surface area contributed by atoms with Crippen LogP contribution < -0.4 is 10.2 Å². The molecule has 0 bridgehead atoms. The van der Waals surface area contributed by atoms with Crippen molar-refractivity contribution < 1.29 is 29.0 Å². The van der Waals surface area contributed by atoms with E-state index in [0.717, 1.165) is 21.3 Å². The van der Waals surface area contributed by atoms with Gasteiger partial charge in [0.2, 0.25) is 5.91 Å². The molecule has 3 amide bonds. The number of halogens is 1. The molecule has 1 saturated heterocycles. The SMILES string of the molecule is CC(C)(C)OC(=O)N[C@@H](Cc1sc2c(N(Cc3cccs3)C(=O)O)snc2c1Br)C(=O)N1CCOCC1. The molecule has 14 heteroatoms. The van der Waals surface area contributed by atoms with Crippen molar-refractivity contribution >= 4 is 83.4 Å². The van der Waals surface area contributed by atoms with Crippen LogP contribution in [0.4, 0.5) is 14.6 Å². The number of aromatic nitrogens is 1. The van der Waals surface area contributed by atoms with Crippen LogP contribution in [0.1, 0.15) is 30.5 Å². The number of carbonyl (C=O) groups is 3. The summed E-state index contributed by atoms with van der Waals surface area (Å²) in [6.07, 6.45) is -1.56. The Bertz CT molecular complexity index is 1260. The summed E-state index contributed by atoms with van der Waals surface area (Å²) < 4.78 is 16.7. The first-order valence-corrected chi connectivity index (χ1v) is 14.7. The van der Waals surface area contributed by atoms with Gasteiger partial charge in [0.15, 0.2) is 0 Å². The van der Waals surface area contributed by atoms with E-state index in [9.17, 15) is 19.5 Å². The van der Waals surface area contributed by atoms with Gasteiger partial charge < -0.3 is 24.8 Å². The molecule has 37 heavy (non-hydrogen) atoms. The largest absolute Gasteiger partial charge is 0.465 e. The Labute approximate surface area is 234 Å². The van der Waals surface area contributed by atoms with Gasteiger partial charge in [-0.05, 0) is 59.7 Å². The summed E-state index contributed by atoms with van der Waals surface area (Å²) in [6, 6.07) is 2.89. The van der Waals surface area contributed by atoms with Crippen LogP contribution in [0.15, 0.2) is 22.0 Å². The zero-order chi connectivity index (χ0) is 26.7. The van der Waals surface area contributed by atoms with E-state index in [2.05, 4.69) is 25.6 Å². The van der Waals surface area contributed by atoms with Crippen molar-refractivity contribution in [2.24, 2.45) is 0 Å². The molecule has 0 aromatic carbocycles. The fourth-order valence-electron chi connectivity index (χ4n) is 3.73. The Morgan fingerprint density at radius 2 is 2.05 bits per heavy atom. The maximum atomic E-state index is 13.4. The minimum Gasteiger partial charge on any atom is -0.465 e. The molecule has 2 N–H and O–H groups in total. The van der Waals surface area contributed by atoms with E-state index in [4.69, 9.17) is 9.47 Å². The van der Waals surface area contributed by atoms with E-state index in [1.54, 1.807) is 25.7 Å². The van der Waals surface area contributed by atoms with Gasteiger partial charge in [-0.25, -0.2) is 9.59 Å². The minimum absolute atomic E-state index is 0.194. The Balaban J connectivity index is 1.62. The summed E-state index contributed by atoms with van der Waals surface area (Å²) in [5.41, 5.74) is -0.0864. The topological polar surface area (TPSA) is 121 Å². The van der Waals surface area contributed by atoms with Gasteiger partial charge in [-0.1, -0.05) is 6.07 Å². The second kappa shape index (κ2) is 11.6. The van der Waals surface area contributed by atoms with Crippen LogP contribution >= 0.6 is 50.1 Å². The number of alkyl carbamates (subject to hydrolysis) is 1. The second-order valence-electron chi connectivity index (χ2n) is 9.29. The van der Waals surface area contributed by atoms with Gasteiger partial charge in [0.1, 0.15) is 22.2 Å². The Hall–Kier alpha value is -2.26. The van der Waals surface area contributed by atoms with Crippen LogP contribution in [0, 0.1) is 0 Å². The Morgan fingerprint density at radius 1 is 1.32 bits per heavy atom. The maximum Gasteiger partial charge on any atom is 0.412 e. The van der Waals surface area contributed by atoms with Crippen LogP contribution in [-0.4, -0.2) is 70.4 Å². The van der Waals surface area contributed by atoms with Crippen LogP contribution in [-0.2, 0) is 27.2 Å². The number of carbonyl (C=O) groups excluding carboxylic acids is 2. The molecule has 0 aliphatic carbocycles. The van der Waals surface area contributed by atoms with Crippen molar-refractivity contribution in [2.75, 3.05) is 31.2 Å². The van der Waals surface area contributed by atoms with Gasteiger partial charge in [-0.15, -0.1) is 22.7 Å². The Morgan fingerprint density at radius 3 is 2.68 bits per heavy atom. The van der Waals surface area contributed by atoms with Gasteiger partial charge in [0.05, 0.1) is 28.9 Å². The van der Waals surface area contributed by atoms with Crippen molar-refractivity contribution in [1.29, 1.82) is 0 Å². The van der Waals surface area contributed by atoms with E-state index in [0.29, 0.717) is 46.0 Å². The number of nitrogens with zero attached hydrogens (tertiary/aromatic N) is 3. The van der Waals surface area contributed by atoms with Crippen LogP contribution in [0.5, 0.6) is 0 Å². The van der Waals surface area contributed by atoms with Crippen molar-refractivity contribution in [3.05, 3.63) is 31.7 Å². The summed E-state index contributed by atoms with van der Waals surface area (Å²) in [7, 11) is 0. The van der Waals surface area contributed by atoms with E-state index < -0.39 is 23.8 Å². The highest BCUT2D eigenvalue weighted by molar-refractivity contribution is 9.10. The van der Waals surface area contributed by atoms with Gasteiger partial charge in [0.25, 0.3) is 0 Å². The molecule has 1 atom stereocenters. The average Bonchev–Trinajstić information content (AvgIpc) is 3.55. The minimum atomic E-state index is -1.07. The van der Waals surface area contributed by atoms with Crippen LogP contribution in [0.2, 0.25) is 0 Å². The molecular weight excluding hydrogens is 604 g/mol. The lowest BCUT2D eigenvalue weighted by atomic mass is 10.1. The fourth-order valence-corrected chi connectivity index (χ4v) is 7.57. The lowest BCUT2D eigenvalue weighted by Crippen LogP contribution is -2.53. The van der Waals surface area contributed by atoms with Gasteiger partial charge in [-0.3, -0.25) is 9.69 Å². The summed E-state index contributed by atoms with van der Waals surface area (Å²) in [5, 5.41) is 15.1. The zero-order valence-corrected chi connectivity index (χ0v) is 24.5. The molecule has 3 aromatic rings. The number of carboxylic acid groups (broad SMARTS) is 1. The molecule has 0 spiro atoms. The van der Waals surface area contributed by atoms with E-state index >= 15 is 0 Å². The number of hydrogen-bond acceptors (Lipinski definition) is 9. The van der Waals surface area contributed by atoms with Gasteiger partial charge in [-0.2, -0.15) is 4.37 Å². The van der Waals surface area contributed by atoms with Crippen LogP contribution in [0.3, 0.4) is 0 Å². The number of amides is 3. The number of hydrogen-bond donors (Lipinski definition) is 2. The second-order valence-corrected chi connectivity index (χ2v) is 13.0. The monoisotopic (exact) mass is 630 g/mol. The summed E-state index contributed by atoms with van der Waals surface area (Å²) in [4.78, 5) is 42.8. The number of nitrogens with one attached hydrogen (secondary N) is 1. The average molecular weight is 632 g/mol. The maximum absolute atomic E-state index is 13.4. The normalized spacial score (nSPS) is 15.0. The third kappa shape index (κ3) is 6.79. The molecule has 1 fully saturated rings. The van der Waals surface area contributed by atoms with E-state index in [-0.39, 0.29) is 18.9 Å². The van der Waals surface area contributed by atoms with E-state index in [1.807, 2.05) is 17.5 Å². The smallest absolute Gasteiger partial charge is 0.412 e. The molecule has 200 valence electrons. The molecule has 0 unspecified atom stereocenters. The molecule has 10 nitrogen and oxygen atoms in total. The highest BCUT2D eigenvalue weighted by Crippen LogP contribution is 2.44. The summed E-state index contributed by atoms with van der Waals surface area (Å²) >= 11 is 7.56. The molecule has 0 radical (unpaired) electrons. The van der Waals surface area contributed by atoms with Gasteiger partial charge >= 0.3 is 12.2 Å². The first kappa shape index (κ1) is 27.8. The molecule has 0 saturated carbocycles. The van der Waals surface area contributed by atoms with Crippen molar-refractivity contribution in [1.82, 2.24) is 14.6 Å². The number of ether oxygens (including phenoxy) is 2. The predicted molar refractivity (Wildman–Crippen MR) is 148 cm³/mol. The molecular formula is C23H27BrN4O6S3. The van der Waals surface area contributed by atoms with Crippen molar-refractivity contribution in [3.8, 4) is 0 Å². The van der Waals surface area contributed by atoms with Crippen molar-refractivity contribution in [3.63, 3.8) is 0 Å². The van der Waals surface area contributed by atoms with Crippen LogP contribution in [0.25, 0.3) is 10.2 Å². The summed E-state index contributed by atoms with van der Waals surface area (Å²) in [6.45, 7) is 7.23. The molecule has 4 rings (SSSR count). The first-order valence-electron chi connectivity index (χ1n) is 11.5. The summed E-state index contributed by atoms with van der Waals surface area (Å²) in [5.74, 6) is -0.227. The highest BCUT2D eigenvalue weighted by atomic mass is 79.9. The van der Waals surface area contributed by atoms with E-state index in [1.165, 1.54) is 27.6 Å².